The molecule has 0 saturated heterocycles. The van der Waals surface area contributed by atoms with Gasteiger partial charge >= 0.3 is 11.9 Å². The molecule has 1 aromatic carbocycles. The summed E-state index contributed by atoms with van der Waals surface area (Å²) in [6.07, 6.45) is 3.27. The summed E-state index contributed by atoms with van der Waals surface area (Å²) in [5, 5.41) is 13.7. The lowest BCUT2D eigenvalue weighted by Gasteiger charge is -2.44. The molecule has 1 aliphatic carbocycles. The van der Waals surface area contributed by atoms with Crippen LogP contribution in [0.15, 0.2) is 82.9 Å². The molecule has 3 heterocycles. The number of benzene rings is 1. The van der Waals surface area contributed by atoms with E-state index in [4.69, 9.17) is 15.2 Å². The van der Waals surface area contributed by atoms with Crippen molar-refractivity contribution >= 4 is 40.4 Å². The molecule has 1 aliphatic heterocycles. The number of nitro benzene ring substituents is 1. The maximum absolute atomic E-state index is 14.7. The Labute approximate surface area is 251 Å². The smallest absolute Gasteiger partial charge is 0.338 e. The SMILES string of the molecule is CCOC(=O)C1=C(N)N(c2cc([N+](=O)[O-])ccc2C)C2=C(C(=O)[C@H](C(=O)OCC)[C@@H](c3cccs3)C2)[C@H]1c1cccnc1. The van der Waals surface area contributed by atoms with Gasteiger partial charge in [-0.15, -0.1) is 11.3 Å². The number of aromatic nitrogens is 1. The average Bonchev–Trinajstić information content (AvgIpc) is 3.52. The number of thiophene rings is 1. The molecule has 0 unspecified atom stereocenters. The number of esters is 2. The topological polar surface area (TPSA) is 155 Å². The number of ether oxygens (including phenoxy) is 2. The monoisotopic (exact) mass is 602 g/mol. The van der Waals surface area contributed by atoms with Crippen molar-refractivity contribution in [3.05, 3.63) is 109 Å². The molecule has 43 heavy (non-hydrogen) atoms. The van der Waals surface area contributed by atoms with Crippen LogP contribution in [0, 0.1) is 23.0 Å². The zero-order valence-corrected chi connectivity index (χ0v) is 24.6. The van der Waals surface area contributed by atoms with E-state index in [1.807, 2.05) is 17.5 Å². The molecule has 5 rings (SSSR count). The fourth-order valence-corrected chi connectivity index (χ4v) is 6.68. The molecule has 0 amide bonds. The molecule has 2 aromatic heterocycles. The Kier molecular flexibility index (Phi) is 8.40. The van der Waals surface area contributed by atoms with Crippen molar-refractivity contribution in [3.8, 4) is 0 Å². The zero-order chi connectivity index (χ0) is 30.8. The number of hydrogen-bond acceptors (Lipinski definition) is 11. The van der Waals surface area contributed by atoms with E-state index < -0.39 is 40.4 Å². The summed E-state index contributed by atoms with van der Waals surface area (Å²) in [5.41, 5.74) is 8.69. The van der Waals surface area contributed by atoms with Crippen LogP contribution in [0.25, 0.3) is 0 Å². The van der Waals surface area contributed by atoms with Crippen molar-refractivity contribution in [1.29, 1.82) is 0 Å². The van der Waals surface area contributed by atoms with Gasteiger partial charge in [0.05, 0.1) is 35.3 Å². The Hall–Kier alpha value is -4.84. The number of pyridine rings is 1. The number of hydrogen-bond donors (Lipinski definition) is 1. The van der Waals surface area contributed by atoms with Crippen LogP contribution in [-0.4, -0.2) is 40.8 Å². The van der Waals surface area contributed by atoms with Crippen LogP contribution in [0.4, 0.5) is 11.4 Å². The van der Waals surface area contributed by atoms with E-state index in [0.717, 1.165) is 4.88 Å². The number of nitrogens with two attached hydrogens (primary N) is 1. The van der Waals surface area contributed by atoms with Gasteiger partial charge in [-0.3, -0.25) is 29.6 Å². The molecule has 0 spiro atoms. The van der Waals surface area contributed by atoms with Crippen LogP contribution in [0.2, 0.25) is 0 Å². The Bertz CT molecular complexity index is 1650. The van der Waals surface area contributed by atoms with Crippen molar-refractivity contribution in [2.75, 3.05) is 18.1 Å². The third-order valence-corrected chi connectivity index (χ3v) is 8.65. The highest BCUT2D eigenvalue weighted by atomic mass is 32.1. The molecule has 222 valence electrons. The summed E-state index contributed by atoms with van der Waals surface area (Å²) >= 11 is 1.41. The first kappa shape index (κ1) is 29.6. The maximum atomic E-state index is 14.7. The number of rotatable bonds is 8. The molecule has 0 radical (unpaired) electrons. The van der Waals surface area contributed by atoms with Gasteiger partial charge < -0.3 is 15.2 Å². The van der Waals surface area contributed by atoms with Gasteiger partial charge in [-0.1, -0.05) is 18.2 Å². The van der Waals surface area contributed by atoms with E-state index in [2.05, 4.69) is 4.98 Å². The lowest BCUT2D eigenvalue weighted by molar-refractivity contribution is -0.384. The zero-order valence-electron chi connectivity index (χ0n) is 23.8. The number of carbonyl (C=O) groups excluding carboxylic acids is 3. The van der Waals surface area contributed by atoms with Gasteiger partial charge in [0.1, 0.15) is 11.7 Å². The van der Waals surface area contributed by atoms with E-state index in [0.29, 0.717) is 22.5 Å². The fraction of sp³-hybridized carbons (Fsp3) is 0.290. The summed E-state index contributed by atoms with van der Waals surface area (Å²) in [4.78, 5) is 59.6. The van der Waals surface area contributed by atoms with E-state index in [1.54, 1.807) is 45.2 Å². The van der Waals surface area contributed by atoms with Crippen LogP contribution in [-0.2, 0) is 23.9 Å². The number of nitro groups is 1. The van der Waals surface area contributed by atoms with Crippen molar-refractivity contribution in [3.63, 3.8) is 0 Å². The molecule has 2 aliphatic rings. The van der Waals surface area contributed by atoms with Gasteiger partial charge in [-0.25, -0.2) is 4.79 Å². The standard InChI is InChI=1S/C31H30N4O7S/c1-4-41-30(37)25-20(23-9-7-13-43-23)15-22-26(28(25)36)24(18-8-6-12-33-16-18)27(31(38)42-5-2)29(32)34(22)21-14-19(35(39)40)11-10-17(21)3/h6-14,16,20,24-25H,4-5,15,32H2,1-3H3/t20-,24-,25-/m1/s1. The first-order chi connectivity index (χ1) is 20.7. The molecule has 2 N–H and O–H groups in total. The predicted octanol–water partition coefficient (Wildman–Crippen LogP) is 4.89. The van der Waals surface area contributed by atoms with Crippen LogP contribution in [0.5, 0.6) is 0 Å². The largest absolute Gasteiger partial charge is 0.465 e. The Morgan fingerprint density at radius 1 is 1.16 bits per heavy atom. The van der Waals surface area contributed by atoms with Gasteiger partial charge in [-0.05, 0) is 55.8 Å². The van der Waals surface area contributed by atoms with Crippen LogP contribution in [0.1, 0.15) is 48.1 Å². The first-order valence-electron chi connectivity index (χ1n) is 13.8. The number of nitrogens with zero attached hydrogens (tertiary/aromatic N) is 3. The summed E-state index contributed by atoms with van der Waals surface area (Å²) < 4.78 is 10.8. The Morgan fingerprint density at radius 3 is 2.56 bits per heavy atom. The number of anilines is 1. The number of aryl methyl sites for hydroxylation is 1. The molecule has 11 nitrogen and oxygen atoms in total. The number of carbonyl (C=O) groups is 3. The van der Waals surface area contributed by atoms with Gasteiger partial charge in [-0.2, -0.15) is 0 Å². The lowest BCUT2D eigenvalue weighted by Crippen LogP contribution is -2.46. The van der Waals surface area contributed by atoms with Gasteiger partial charge in [0.2, 0.25) is 0 Å². The second kappa shape index (κ2) is 12.2. The normalized spacial score (nSPS) is 20.1. The van der Waals surface area contributed by atoms with Gasteiger partial charge in [0, 0.05) is 46.6 Å². The molecular weight excluding hydrogens is 572 g/mol. The van der Waals surface area contributed by atoms with E-state index in [1.165, 1.54) is 34.6 Å². The minimum Gasteiger partial charge on any atom is -0.465 e. The van der Waals surface area contributed by atoms with Crippen LogP contribution >= 0.6 is 11.3 Å². The van der Waals surface area contributed by atoms with E-state index in [9.17, 15) is 24.5 Å². The van der Waals surface area contributed by atoms with Crippen molar-refractivity contribution in [1.82, 2.24) is 4.98 Å². The molecule has 3 atom stereocenters. The third-order valence-electron chi connectivity index (χ3n) is 7.65. The lowest BCUT2D eigenvalue weighted by atomic mass is 9.68. The minimum atomic E-state index is -1.19. The van der Waals surface area contributed by atoms with Crippen molar-refractivity contribution < 1.29 is 28.8 Å². The first-order valence-corrected chi connectivity index (χ1v) is 14.7. The summed E-state index contributed by atoms with van der Waals surface area (Å²) in [6.45, 7) is 5.20. The minimum absolute atomic E-state index is 0.0231. The molecule has 0 saturated carbocycles. The highest BCUT2D eigenvalue weighted by Gasteiger charge is 2.52. The maximum Gasteiger partial charge on any atom is 0.338 e. The van der Waals surface area contributed by atoms with E-state index in [-0.39, 0.29) is 42.3 Å². The average molecular weight is 603 g/mol. The highest BCUT2D eigenvalue weighted by molar-refractivity contribution is 7.10. The quantitative estimate of drug-likeness (QED) is 0.163. The number of ketones is 1. The van der Waals surface area contributed by atoms with Crippen LogP contribution < -0.4 is 10.6 Å². The molecule has 0 bridgehead atoms. The van der Waals surface area contributed by atoms with Gasteiger partial charge in [0.25, 0.3) is 5.69 Å². The molecule has 12 heteroatoms. The second-order valence-corrected chi connectivity index (χ2v) is 11.1. The summed E-state index contributed by atoms with van der Waals surface area (Å²) in [6, 6.07) is 11.4. The van der Waals surface area contributed by atoms with Crippen LogP contribution in [0.3, 0.4) is 0 Å². The number of Topliss-reactive ketones (excluding diaryl/α,β-unsaturated/α-hetero) is 1. The summed E-state index contributed by atoms with van der Waals surface area (Å²) in [7, 11) is 0. The highest BCUT2D eigenvalue weighted by Crippen LogP contribution is 2.52. The van der Waals surface area contributed by atoms with E-state index >= 15 is 0 Å². The molecule has 0 fully saturated rings. The summed E-state index contributed by atoms with van der Waals surface area (Å²) in [5.74, 6) is -4.76. The predicted molar refractivity (Wildman–Crippen MR) is 159 cm³/mol. The van der Waals surface area contributed by atoms with Crippen molar-refractivity contribution in [2.24, 2.45) is 11.7 Å². The second-order valence-electron chi connectivity index (χ2n) is 10.1. The Morgan fingerprint density at radius 2 is 1.93 bits per heavy atom. The van der Waals surface area contributed by atoms with Crippen molar-refractivity contribution in [2.45, 2.75) is 39.0 Å². The third kappa shape index (κ3) is 5.29. The molecular formula is C31H30N4O7S. The Balaban J connectivity index is 1.85. The molecule has 3 aromatic rings. The van der Waals surface area contributed by atoms with Gasteiger partial charge in [0.15, 0.2) is 5.78 Å². The number of allylic oxidation sites excluding steroid dienone is 2. The number of non-ortho nitro benzene ring substituents is 1. The fourth-order valence-electron chi connectivity index (χ4n) is 5.82.